The SMILES string of the molecule is CC(=O)N1CCc2cc(Br)cc(NC(=S)Nc3ccccc3)c21. The first-order chi connectivity index (χ1) is 11.0. The van der Waals surface area contributed by atoms with E-state index in [1.165, 1.54) is 0 Å². The summed E-state index contributed by atoms with van der Waals surface area (Å²) in [5.74, 6) is 0.0380. The molecule has 1 heterocycles. The van der Waals surface area contributed by atoms with Gasteiger partial charge in [-0.15, -0.1) is 0 Å². The van der Waals surface area contributed by atoms with Crippen LogP contribution in [0, 0.1) is 0 Å². The molecule has 0 radical (unpaired) electrons. The zero-order chi connectivity index (χ0) is 16.4. The second-order valence-corrected chi connectivity index (χ2v) is 6.65. The predicted molar refractivity (Wildman–Crippen MR) is 102 cm³/mol. The largest absolute Gasteiger partial charge is 0.332 e. The topological polar surface area (TPSA) is 44.4 Å². The molecule has 2 N–H and O–H groups in total. The van der Waals surface area contributed by atoms with Gasteiger partial charge in [0.25, 0.3) is 0 Å². The number of rotatable bonds is 2. The lowest BCUT2D eigenvalue weighted by Crippen LogP contribution is -2.27. The third kappa shape index (κ3) is 3.54. The standard InChI is InChI=1S/C17H16BrN3OS/c1-11(22)21-8-7-12-9-13(18)10-15(16(12)21)20-17(23)19-14-5-3-2-4-6-14/h2-6,9-10H,7-8H2,1H3,(H2,19,20,23). The first kappa shape index (κ1) is 16.0. The van der Waals surface area contributed by atoms with Crippen molar-refractivity contribution >= 4 is 56.2 Å². The van der Waals surface area contributed by atoms with Crippen LogP contribution in [0.4, 0.5) is 17.1 Å². The maximum Gasteiger partial charge on any atom is 0.223 e. The molecular formula is C17H16BrN3OS. The number of amides is 1. The van der Waals surface area contributed by atoms with Gasteiger partial charge in [0.05, 0.1) is 11.4 Å². The van der Waals surface area contributed by atoms with Crippen molar-refractivity contribution < 1.29 is 4.79 Å². The molecule has 23 heavy (non-hydrogen) atoms. The number of thiocarbonyl (C=S) groups is 1. The van der Waals surface area contributed by atoms with Crippen LogP contribution in [0.2, 0.25) is 0 Å². The highest BCUT2D eigenvalue weighted by atomic mass is 79.9. The number of hydrogen-bond donors (Lipinski definition) is 2. The highest BCUT2D eigenvalue weighted by molar-refractivity contribution is 9.10. The van der Waals surface area contributed by atoms with Gasteiger partial charge in [-0.05, 0) is 48.5 Å². The molecule has 0 aromatic heterocycles. The van der Waals surface area contributed by atoms with Gasteiger partial charge in [-0.2, -0.15) is 0 Å². The lowest BCUT2D eigenvalue weighted by Gasteiger charge is -2.20. The van der Waals surface area contributed by atoms with Gasteiger partial charge in [-0.3, -0.25) is 4.79 Å². The van der Waals surface area contributed by atoms with E-state index in [2.05, 4.69) is 32.6 Å². The Kier molecular flexibility index (Phi) is 4.63. The van der Waals surface area contributed by atoms with Crippen molar-refractivity contribution in [2.75, 3.05) is 22.1 Å². The predicted octanol–water partition coefficient (Wildman–Crippen LogP) is 4.17. The van der Waals surface area contributed by atoms with Crippen LogP contribution in [0.15, 0.2) is 46.9 Å². The van der Waals surface area contributed by atoms with Crippen molar-refractivity contribution in [3.63, 3.8) is 0 Å². The Bertz CT molecular complexity index is 764. The normalized spacial score (nSPS) is 12.7. The fourth-order valence-corrected chi connectivity index (χ4v) is 3.46. The first-order valence-corrected chi connectivity index (χ1v) is 8.48. The minimum Gasteiger partial charge on any atom is -0.332 e. The summed E-state index contributed by atoms with van der Waals surface area (Å²) in [5, 5.41) is 6.85. The van der Waals surface area contributed by atoms with Crippen LogP contribution in [0.3, 0.4) is 0 Å². The van der Waals surface area contributed by atoms with Crippen molar-refractivity contribution in [1.29, 1.82) is 0 Å². The van der Waals surface area contributed by atoms with Crippen molar-refractivity contribution in [2.24, 2.45) is 0 Å². The number of carbonyl (C=O) groups is 1. The molecule has 0 saturated heterocycles. The monoisotopic (exact) mass is 389 g/mol. The minimum absolute atomic E-state index is 0.0380. The van der Waals surface area contributed by atoms with Crippen molar-refractivity contribution in [2.45, 2.75) is 13.3 Å². The summed E-state index contributed by atoms with van der Waals surface area (Å²) in [5.41, 5.74) is 3.80. The van der Waals surface area contributed by atoms with Gasteiger partial charge < -0.3 is 15.5 Å². The summed E-state index contributed by atoms with van der Waals surface area (Å²) >= 11 is 8.92. The molecule has 0 spiro atoms. The molecule has 6 heteroatoms. The molecule has 1 aliphatic heterocycles. The Balaban J connectivity index is 1.85. The van der Waals surface area contributed by atoms with Gasteiger partial charge in [0.2, 0.25) is 5.91 Å². The molecule has 118 valence electrons. The highest BCUT2D eigenvalue weighted by Crippen LogP contribution is 2.38. The molecule has 3 rings (SSSR count). The zero-order valence-corrected chi connectivity index (χ0v) is 15.0. The second kappa shape index (κ2) is 6.68. The maximum absolute atomic E-state index is 11.9. The quantitative estimate of drug-likeness (QED) is 0.756. The van der Waals surface area contributed by atoms with Gasteiger partial charge in [0.15, 0.2) is 5.11 Å². The van der Waals surface area contributed by atoms with Crippen molar-refractivity contribution in [1.82, 2.24) is 0 Å². The van der Waals surface area contributed by atoms with Crippen LogP contribution in [-0.4, -0.2) is 17.6 Å². The number of halogens is 1. The van der Waals surface area contributed by atoms with Gasteiger partial charge >= 0.3 is 0 Å². The van der Waals surface area contributed by atoms with E-state index >= 15 is 0 Å². The number of nitrogens with one attached hydrogen (secondary N) is 2. The van der Waals surface area contributed by atoms with Gasteiger partial charge in [-0.25, -0.2) is 0 Å². The number of carbonyl (C=O) groups excluding carboxylic acids is 1. The Morgan fingerprint density at radius 1 is 1.22 bits per heavy atom. The Morgan fingerprint density at radius 3 is 2.65 bits per heavy atom. The molecule has 0 bridgehead atoms. The number of para-hydroxylation sites is 1. The van der Waals surface area contributed by atoms with Crippen LogP contribution in [-0.2, 0) is 11.2 Å². The van der Waals surface area contributed by atoms with Crippen LogP contribution < -0.4 is 15.5 Å². The van der Waals surface area contributed by atoms with E-state index in [1.807, 2.05) is 36.4 Å². The zero-order valence-electron chi connectivity index (χ0n) is 12.6. The molecule has 1 aliphatic rings. The van der Waals surface area contributed by atoms with Crippen molar-refractivity contribution in [3.05, 3.63) is 52.5 Å². The van der Waals surface area contributed by atoms with E-state index in [-0.39, 0.29) is 5.91 Å². The van der Waals surface area contributed by atoms with Gasteiger partial charge in [0.1, 0.15) is 0 Å². The summed E-state index contributed by atoms with van der Waals surface area (Å²) < 4.78 is 0.965. The van der Waals surface area contributed by atoms with Crippen LogP contribution in [0.25, 0.3) is 0 Å². The summed E-state index contributed by atoms with van der Waals surface area (Å²) in [6.45, 7) is 2.29. The summed E-state index contributed by atoms with van der Waals surface area (Å²) in [7, 11) is 0. The van der Waals surface area contributed by atoms with Gasteiger partial charge in [-0.1, -0.05) is 34.1 Å². The van der Waals surface area contributed by atoms with Gasteiger partial charge in [0, 0.05) is 23.6 Å². The molecule has 0 aliphatic carbocycles. The van der Waals surface area contributed by atoms with E-state index in [4.69, 9.17) is 12.2 Å². The Labute approximate surface area is 149 Å². The number of fused-ring (bicyclic) bond motifs is 1. The highest BCUT2D eigenvalue weighted by Gasteiger charge is 2.26. The summed E-state index contributed by atoms with van der Waals surface area (Å²) in [6.07, 6.45) is 0.849. The fourth-order valence-electron chi connectivity index (χ4n) is 2.73. The number of nitrogens with zero attached hydrogens (tertiary/aromatic N) is 1. The third-order valence-corrected chi connectivity index (χ3v) is 4.35. The lowest BCUT2D eigenvalue weighted by atomic mass is 10.1. The van der Waals surface area contributed by atoms with Crippen LogP contribution in [0.5, 0.6) is 0 Å². The number of benzene rings is 2. The summed E-state index contributed by atoms with van der Waals surface area (Å²) in [6, 6.07) is 13.7. The molecule has 2 aromatic carbocycles. The smallest absolute Gasteiger partial charge is 0.223 e. The molecular weight excluding hydrogens is 374 g/mol. The van der Waals surface area contributed by atoms with E-state index in [1.54, 1.807) is 11.8 Å². The number of anilines is 3. The Morgan fingerprint density at radius 2 is 1.96 bits per heavy atom. The summed E-state index contributed by atoms with van der Waals surface area (Å²) in [4.78, 5) is 13.6. The molecule has 0 fully saturated rings. The number of hydrogen-bond acceptors (Lipinski definition) is 2. The van der Waals surface area contributed by atoms with Crippen LogP contribution in [0.1, 0.15) is 12.5 Å². The van der Waals surface area contributed by atoms with E-state index < -0.39 is 0 Å². The molecule has 0 saturated carbocycles. The molecule has 1 amide bonds. The lowest BCUT2D eigenvalue weighted by molar-refractivity contribution is -0.116. The third-order valence-electron chi connectivity index (χ3n) is 3.69. The second-order valence-electron chi connectivity index (χ2n) is 5.33. The molecule has 4 nitrogen and oxygen atoms in total. The first-order valence-electron chi connectivity index (χ1n) is 7.28. The molecule has 0 unspecified atom stereocenters. The fraction of sp³-hybridized carbons (Fsp3) is 0.176. The van der Waals surface area contributed by atoms with E-state index in [0.717, 1.165) is 33.5 Å². The molecule has 0 atom stereocenters. The maximum atomic E-state index is 11.9. The average Bonchev–Trinajstić information content (AvgIpc) is 2.92. The Hall–Kier alpha value is -1.92. The van der Waals surface area contributed by atoms with Crippen molar-refractivity contribution in [3.8, 4) is 0 Å². The minimum atomic E-state index is 0.0380. The average molecular weight is 390 g/mol. The van der Waals surface area contributed by atoms with E-state index in [9.17, 15) is 4.79 Å². The van der Waals surface area contributed by atoms with E-state index in [0.29, 0.717) is 11.7 Å². The van der Waals surface area contributed by atoms with Crippen LogP contribution >= 0.6 is 28.1 Å². The molecule has 2 aromatic rings.